The van der Waals surface area contributed by atoms with Crippen LogP contribution < -0.4 is 19.6 Å². The Morgan fingerprint density at radius 1 is 0.617 bits per heavy atom. The number of nitrogens with zero attached hydrogens (tertiary/aromatic N) is 4. The highest BCUT2D eigenvalue weighted by Gasteiger charge is 2.40. The van der Waals surface area contributed by atoms with Crippen molar-refractivity contribution in [1.82, 2.24) is 0 Å². The summed E-state index contributed by atoms with van der Waals surface area (Å²) in [5, 5.41) is 11.3. The number of benzene rings is 2. The van der Waals surface area contributed by atoms with Crippen LogP contribution in [0.2, 0.25) is 0 Å². The van der Waals surface area contributed by atoms with Gasteiger partial charge in [0.15, 0.2) is 12.4 Å². The number of hydrogen-bond donors (Lipinski definition) is 1. The zero-order valence-electron chi connectivity index (χ0n) is 23.6. The van der Waals surface area contributed by atoms with Crippen molar-refractivity contribution in [2.24, 2.45) is 0 Å². The van der Waals surface area contributed by atoms with Gasteiger partial charge in [-0.25, -0.2) is 0 Å². The summed E-state index contributed by atoms with van der Waals surface area (Å²) in [4.78, 5) is 20.6. The summed E-state index contributed by atoms with van der Waals surface area (Å²) in [6.45, 7) is 7.08. The average molecular weight is 821 g/mol. The first-order chi connectivity index (χ1) is 21.1. The number of aliphatic hydroxyl groups is 1. The average Bonchev–Trinajstić information content (AvgIpc) is 3.72. The fraction of sp³-hybridized carbons (Fsp3) is 0.382. The van der Waals surface area contributed by atoms with E-state index in [4.69, 9.17) is 0 Å². The van der Waals surface area contributed by atoms with E-state index in [0.717, 1.165) is 94.5 Å². The molecule has 0 spiro atoms. The molecule has 6 nitrogen and oxygen atoms in total. The highest BCUT2D eigenvalue weighted by atomic mass is 79.9. The van der Waals surface area contributed by atoms with Crippen molar-refractivity contribution in [3.63, 3.8) is 0 Å². The molecule has 47 heavy (non-hydrogen) atoms. The highest BCUT2D eigenvalue weighted by Crippen LogP contribution is 2.39. The monoisotopic (exact) mass is 818 g/mol. The van der Waals surface area contributed by atoms with E-state index < -0.39 is 12.3 Å². The Bertz CT molecular complexity index is 1500. The van der Waals surface area contributed by atoms with Crippen LogP contribution in [0.1, 0.15) is 42.9 Å². The van der Waals surface area contributed by atoms with Gasteiger partial charge in [0, 0.05) is 77.6 Å². The van der Waals surface area contributed by atoms with E-state index in [-0.39, 0.29) is 27.2 Å². The normalized spacial score (nSPS) is 15.4. The van der Waals surface area contributed by atoms with Gasteiger partial charge >= 0.3 is 6.18 Å². The van der Waals surface area contributed by atoms with Gasteiger partial charge in [-0.1, -0.05) is 54.1 Å². The Kier molecular flexibility index (Phi) is 15.8. The summed E-state index contributed by atoms with van der Waals surface area (Å²) in [7, 11) is 0. The minimum absolute atomic E-state index is 0. The lowest BCUT2D eigenvalue weighted by Gasteiger charge is -2.36. The second-order valence-electron chi connectivity index (χ2n) is 10.3. The number of anilines is 4. The number of rotatable bonds is 6. The highest BCUT2D eigenvalue weighted by molar-refractivity contribution is 9.10. The van der Waals surface area contributed by atoms with Crippen molar-refractivity contribution in [3.8, 4) is 0 Å². The molecule has 258 valence electrons. The summed E-state index contributed by atoms with van der Waals surface area (Å²) in [5.74, 6) is 0. The summed E-state index contributed by atoms with van der Waals surface area (Å²) >= 11 is 9.45. The third-order valence-electron chi connectivity index (χ3n) is 7.49. The fourth-order valence-electron chi connectivity index (χ4n) is 5.07. The molecule has 0 aliphatic carbocycles. The van der Waals surface area contributed by atoms with Crippen LogP contribution >= 0.6 is 54.5 Å². The molecule has 2 fully saturated rings. The van der Waals surface area contributed by atoms with Gasteiger partial charge in [-0.2, -0.15) is 13.2 Å². The summed E-state index contributed by atoms with van der Waals surface area (Å²) in [6, 6.07) is 23.5. The number of aldehydes is 1. The predicted octanol–water partition coefficient (Wildman–Crippen LogP) is 9.99. The summed E-state index contributed by atoms with van der Waals surface area (Å²) < 4.78 is 39.9. The third kappa shape index (κ3) is 10.7. The molecule has 4 heterocycles. The fourth-order valence-corrected chi connectivity index (χ4v) is 7.54. The zero-order chi connectivity index (χ0) is 31.3. The third-order valence-corrected chi connectivity index (χ3v) is 10.8. The predicted molar refractivity (Wildman–Crippen MR) is 202 cm³/mol. The van der Waals surface area contributed by atoms with Gasteiger partial charge < -0.3 is 24.7 Å². The van der Waals surface area contributed by atoms with Crippen molar-refractivity contribution in [2.75, 3.05) is 72.0 Å². The number of piperazine rings is 2. The second-order valence-corrected chi connectivity index (χ2v) is 14.3. The number of thiophene rings is 2. The van der Waals surface area contributed by atoms with E-state index in [1.54, 1.807) is 17.4 Å². The molecule has 4 aromatic rings. The van der Waals surface area contributed by atoms with Gasteiger partial charge in [0.2, 0.25) is 0 Å². The molecule has 0 saturated carbocycles. The summed E-state index contributed by atoms with van der Waals surface area (Å²) in [6.07, 6.45) is -6.10. The van der Waals surface area contributed by atoms with Crippen molar-refractivity contribution in [1.29, 1.82) is 0 Å². The number of carbonyl (C=O) groups is 1. The molecule has 1 atom stereocenters. The van der Waals surface area contributed by atoms with Gasteiger partial charge in [0.1, 0.15) is 0 Å². The van der Waals surface area contributed by atoms with E-state index in [0.29, 0.717) is 0 Å². The Morgan fingerprint density at radius 3 is 1.38 bits per heavy atom. The maximum atomic E-state index is 12.6. The van der Waals surface area contributed by atoms with Crippen molar-refractivity contribution in [2.45, 2.75) is 34.6 Å². The number of carbonyl (C=O) groups excluding carboxylic acids is 1. The maximum absolute atomic E-state index is 12.6. The first-order valence-corrected chi connectivity index (χ1v) is 17.2. The van der Waals surface area contributed by atoms with E-state index in [9.17, 15) is 23.1 Å². The smallest absolute Gasteiger partial charge is 0.379 e. The summed E-state index contributed by atoms with van der Waals surface area (Å²) in [5.41, 5.74) is 2.41. The maximum Gasteiger partial charge on any atom is 0.419 e. The molecular weight excluding hydrogens is 777 g/mol. The molecule has 1 unspecified atom stereocenters. The van der Waals surface area contributed by atoms with Crippen molar-refractivity contribution < 1.29 is 23.1 Å². The number of alkyl halides is 3. The Balaban J connectivity index is 0.000000311. The van der Waals surface area contributed by atoms with E-state index in [2.05, 4.69) is 75.7 Å². The molecule has 0 bridgehead atoms. The molecule has 6 rings (SSSR count). The van der Waals surface area contributed by atoms with Gasteiger partial charge in [-0.3, -0.25) is 4.79 Å². The van der Waals surface area contributed by atoms with Crippen molar-refractivity contribution >= 4 is 82.2 Å². The molecule has 0 amide bonds. The molecule has 1 N–H and O–H groups in total. The van der Waals surface area contributed by atoms with Crippen LogP contribution in [0.4, 0.5) is 34.5 Å². The van der Waals surface area contributed by atoms with Gasteiger partial charge in [0.25, 0.3) is 0 Å². The first kappa shape index (κ1) is 40.6. The lowest BCUT2D eigenvalue weighted by Crippen LogP contribution is -2.46. The van der Waals surface area contributed by atoms with Crippen molar-refractivity contribution in [3.05, 3.63) is 91.5 Å². The molecule has 2 aromatic heterocycles. The lowest BCUT2D eigenvalue weighted by molar-refractivity contribution is -0.205. The Morgan fingerprint density at radius 2 is 1.00 bits per heavy atom. The first-order valence-electron chi connectivity index (χ1n) is 14.0. The van der Waals surface area contributed by atoms with Crippen LogP contribution in [-0.2, 0) is 0 Å². The quantitative estimate of drug-likeness (QED) is 0.196. The molecule has 2 aromatic carbocycles. The van der Waals surface area contributed by atoms with Crippen LogP contribution in [0.5, 0.6) is 0 Å². The lowest BCUT2D eigenvalue weighted by atomic mass is 10.2. The molecule has 2 aliphatic rings. The van der Waals surface area contributed by atoms with Crippen LogP contribution in [-0.4, -0.2) is 69.9 Å². The van der Waals surface area contributed by atoms with E-state index in [1.807, 2.05) is 36.4 Å². The molecular formula is C34H43Br2F3N4O2S2. The molecule has 2 aliphatic heterocycles. The van der Waals surface area contributed by atoms with Gasteiger partial charge in [-0.05, 0) is 72.8 Å². The molecule has 2 saturated heterocycles. The van der Waals surface area contributed by atoms with E-state index in [1.165, 1.54) is 16.8 Å². The van der Waals surface area contributed by atoms with Gasteiger partial charge in [0.05, 0.1) is 14.9 Å². The van der Waals surface area contributed by atoms with E-state index >= 15 is 0 Å². The number of aliphatic hydroxyl groups excluding tert-OH is 1. The topological polar surface area (TPSA) is 50.3 Å². The minimum Gasteiger partial charge on any atom is -0.379 e. The minimum atomic E-state index is -4.62. The van der Waals surface area contributed by atoms with Crippen LogP contribution in [0, 0.1) is 0 Å². The Hall–Kier alpha value is -2.58. The van der Waals surface area contributed by atoms with Gasteiger partial charge in [-0.15, -0.1) is 22.7 Å². The largest absolute Gasteiger partial charge is 0.419 e. The van der Waals surface area contributed by atoms with Crippen LogP contribution in [0.25, 0.3) is 0 Å². The molecule has 13 heteroatoms. The second kappa shape index (κ2) is 18.3. The van der Waals surface area contributed by atoms with Crippen LogP contribution in [0.15, 0.2) is 81.7 Å². The Labute approximate surface area is 301 Å². The standard InChI is InChI=1S/C16H16BrF3N2OS.C15H15BrN2OS.3CH4/c17-11-1-3-12(4-2-11)21-7-9-22(10-8-21)14-6-5-13(24-14)15(23)16(18,19)20;16-12-1-3-13(4-2-12)17-7-9-18(10-8-17)15-6-5-14(11-19)20-15;;;/h1-6,15,23H,7-10H2;1-6,11H,7-10H2;3*1H4. The van der Waals surface area contributed by atoms with Crippen LogP contribution in [0.3, 0.4) is 0 Å². The number of halogens is 5. The SMILES string of the molecule is C.C.C.O=Cc1ccc(N2CCN(c3ccc(Br)cc3)CC2)s1.OC(c1ccc(N2CCN(c3ccc(Br)cc3)CC2)s1)C(F)(F)F. The number of hydrogen-bond acceptors (Lipinski definition) is 8. The zero-order valence-corrected chi connectivity index (χ0v) is 28.4. The molecule has 0 radical (unpaired) electrons.